The van der Waals surface area contributed by atoms with Crippen LogP contribution in [0.3, 0.4) is 0 Å². The summed E-state index contributed by atoms with van der Waals surface area (Å²) in [6.07, 6.45) is 1.89. The van der Waals surface area contributed by atoms with Crippen LogP contribution < -0.4 is 0 Å². The molecule has 3 rings (SSSR count). The van der Waals surface area contributed by atoms with Crippen molar-refractivity contribution in [1.82, 2.24) is 14.9 Å². The molecule has 2 aromatic rings. The first-order chi connectivity index (χ1) is 11.6. The summed E-state index contributed by atoms with van der Waals surface area (Å²) < 4.78 is 0. The molecule has 24 heavy (non-hydrogen) atoms. The number of amides is 1. The normalized spacial score (nSPS) is 15.7. The Labute approximate surface area is 146 Å². The van der Waals surface area contributed by atoms with Gasteiger partial charge in [0.05, 0.1) is 17.6 Å². The van der Waals surface area contributed by atoms with Gasteiger partial charge < -0.3 is 15.0 Å². The number of nitrogens with one attached hydrogen (secondary N) is 1. The van der Waals surface area contributed by atoms with Crippen LogP contribution in [-0.4, -0.2) is 50.8 Å². The third-order valence-electron chi connectivity index (χ3n) is 4.33. The first-order valence-electron chi connectivity index (χ1n) is 8.30. The molecule has 2 N–H and O–H groups in total. The van der Waals surface area contributed by atoms with E-state index in [-0.39, 0.29) is 12.0 Å². The fourth-order valence-electron chi connectivity index (χ4n) is 2.83. The van der Waals surface area contributed by atoms with Crippen LogP contribution in [0, 0.1) is 6.92 Å². The van der Waals surface area contributed by atoms with Crippen molar-refractivity contribution in [2.24, 2.45) is 0 Å². The maximum absolute atomic E-state index is 12.2. The van der Waals surface area contributed by atoms with Gasteiger partial charge in [-0.1, -0.05) is 42.1 Å². The van der Waals surface area contributed by atoms with Crippen molar-refractivity contribution >= 4 is 17.7 Å². The Hall–Kier alpha value is -1.79. The highest BCUT2D eigenvalue weighted by Crippen LogP contribution is 2.20. The van der Waals surface area contributed by atoms with E-state index >= 15 is 0 Å². The fraction of sp³-hybridized carbons (Fsp3) is 0.444. The maximum atomic E-state index is 12.2. The third kappa shape index (κ3) is 4.39. The van der Waals surface area contributed by atoms with Crippen LogP contribution in [0.5, 0.6) is 0 Å². The smallest absolute Gasteiger partial charge is 0.233 e. The van der Waals surface area contributed by atoms with Crippen molar-refractivity contribution < 1.29 is 9.90 Å². The zero-order valence-electron chi connectivity index (χ0n) is 13.9. The van der Waals surface area contributed by atoms with Crippen molar-refractivity contribution in [2.45, 2.75) is 37.4 Å². The number of hydrogen-bond donors (Lipinski definition) is 2. The molecule has 1 saturated heterocycles. The average Bonchev–Trinajstić information content (AvgIpc) is 2.94. The molecule has 0 spiro atoms. The molecule has 6 heteroatoms. The number of hydrogen-bond acceptors (Lipinski definition) is 4. The van der Waals surface area contributed by atoms with Crippen molar-refractivity contribution in [3.8, 4) is 0 Å². The number of H-pyrrole nitrogens is 1. The summed E-state index contributed by atoms with van der Waals surface area (Å²) in [7, 11) is 0. The highest BCUT2D eigenvalue weighted by Gasteiger charge is 2.21. The van der Waals surface area contributed by atoms with Crippen LogP contribution in [0.15, 0.2) is 35.5 Å². The number of imidazole rings is 1. The third-order valence-corrected chi connectivity index (χ3v) is 5.19. The van der Waals surface area contributed by atoms with Gasteiger partial charge in [0.25, 0.3) is 0 Å². The second kappa shape index (κ2) is 7.85. The minimum Gasteiger partial charge on any atom is -0.393 e. The summed E-state index contributed by atoms with van der Waals surface area (Å²) in [6.45, 7) is 3.32. The van der Waals surface area contributed by atoms with Crippen molar-refractivity contribution in [3.63, 3.8) is 0 Å². The van der Waals surface area contributed by atoms with Gasteiger partial charge in [-0.3, -0.25) is 4.79 Å². The molecule has 0 saturated carbocycles. The largest absolute Gasteiger partial charge is 0.393 e. The monoisotopic (exact) mass is 345 g/mol. The van der Waals surface area contributed by atoms with Gasteiger partial charge in [0.15, 0.2) is 5.16 Å². The Bertz CT molecular complexity index is 679. The van der Waals surface area contributed by atoms with E-state index in [1.807, 2.05) is 30.0 Å². The lowest BCUT2D eigenvalue weighted by Crippen LogP contribution is -2.40. The minimum absolute atomic E-state index is 0.116. The van der Waals surface area contributed by atoms with Gasteiger partial charge in [-0.25, -0.2) is 4.98 Å². The number of thioether (sulfide) groups is 1. The van der Waals surface area contributed by atoms with Gasteiger partial charge in [0, 0.05) is 25.2 Å². The SMILES string of the molecule is Cc1[nH]c(SCC(=O)N2CCC(O)CC2)nc1Cc1ccccc1. The van der Waals surface area contributed by atoms with Gasteiger partial charge in [-0.15, -0.1) is 0 Å². The van der Waals surface area contributed by atoms with Gasteiger partial charge >= 0.3 is 0 Å². The van der Waals surface area contributed by atoms with Crippen LogP contribution in [-0.2, 0) is 11.2 Å². The Morgan fingerprint density at radius 3 is 2.75 bits per heavy atom. The lowest BCUT2D eigenvalue weighted by Gasteiger charge is -2.29. The number of aryl methyl sites for hydroxylation is 1. The van der Waals surface area contributed by atoms with Gasteiger partial charge in [-0.2, -0.15) is 0 Å². The number of aliphatic hydroxyl groups excluding tert-OH is 1. The van der Waals surface area contributed by atoms with Crippen LogP contribution in [0.4, 0.5) is 0 Å². The number of rotatable bonds is 5. The van der Waals surface area contributed by atoms with E-state index in [2.05, 4.69) is 22.1 Å². The number of aliphatic hydroxyl groups is 1. The molecule has 1 aromatic heterocycles. The molecule has 128 valence electrons. The standard InChI is InChI=1S/C18H23N3O2S/c1-13-16(11-14-5-3-2-4-6-14)20-18(19-13)24-12-17(23)21-9-7-15(22)8-10-21/h2-6,15,22H,7-12H2,1H3,(H,19,20). The number of benzene rings is 1. The number of aromatic amines is 1. The van der Waals surface area contributed by atoms with E-state index in [9.17, 15) is 9.90 Å². The van der Waals surface area contributed by atoms with E-state index < -0.39 is 0 Å². The van der Waals surface area contributed by atoms with Crippen LogP contribution in [0.25, 0.3) is 0 Å². The summed E-state index contributed by atoms with van der Waals surface area (Å²) in [6, 6.07) is 10.3. The molecular formula is C18H23N3O2S. The van der Waals surface area contributed by atoms with Gasteiger partial charge in [0.2, 0.25) is 5.91 Å². The fourth-order valence-corrected chi connectivity index (χ4v) is 3.68. The Balaban J connectivity index is 1.54. The van der Waals surface area contributed by atoms with E-state index in [0.29, 0.717) is 31.7 Å². The molecule has 0 atom stereocenters. The number of carbonyl (C=O) groups excluding carboxylic acids is 1. The molecule has 0 bridgehead atoms. The average molecular weight is 345 g/mol. The first-order valence-corrected chi connectivity index (χ1v) is 9.28. The molecule has 1 aromatic carbocycles. The number of aromatic nitrogens is 2. The van der Waals surface area contributed by atoms with Gasteiger partial charge in [0.1, 0.15) is 0 Å². The predicted molar refractivity (Wildman–Crippen MR) is 95.1 cm³/mol. The summed E-state index contributed by atoms with van der Waals surface area (Å²) in [5.74, 6) is 0.499. The molecule has 0 unspecified atom stereocenters. The van der Waals surface area contributed by atoms with E-state index in [1.165, 1.54) is 17.3 Å². The second-order valence-corrected chi connectivity index (χ2v) is 7.14. The molecule has 0 aliphatic carbocycles. The lowest BCUT2D eigenvalue weighted by molar-refractivity contribution is -0.130. The molecule has 0 radical (unpaired) electrons. The van der Waals surface area contributed by atoms with Crippen LogP contribution in [0.1, 0.15) is 29.8 Å². The Kier molecular flexibility index (Phi) is 5.58. The number of carbonyl (C=O) groups is 1. The second-order valence-electron chi connectivity index (χ2n) is 6.18. The molecule has 5 nitrogen and oxygen atoms in total. The van der Waals surface area contributed by atoms with Crippen molar-refractivity contribution in [3.05, 3.63) is 47.3 Å². The molecule has 1 amide bonds. The molecule has 1 aliphatic rings. The number of piperidine rings is 1. The Morgan fingerprint density at radius 2 is 2.04 bits per heavy atom. The van der Waals surface area contributed by atoms with Crippen molar-refractivity contribution in [2.75, 3.05) is 18.8 Å². The van der Waals surface area contributed by atoms with Crippen molar-refractivity contribution in [1.29, 1.82) is 0 Å². The first kappa shape index (κ1) is 17.0. The molecule has 2 heterocycles. The number of likely N-dealkylation sites (tertiary alicyclic amines) is 1. The van der Waals surface area contributed by atoms with Gasteiger partial charge in [-0.05, 0) is 25.3 Å². The maximum Gasteiger partial charge on any atom is 0.233 e. The Morgan fingerprint density at radius 1 is 1.33 bits per heavy atom. The lowest BCUT2D eigenvalue weighted by atomic mass is 10.1. The predicted octanol–water partition coefficient (Wildman–Crippen LogP) is 2.38. The quantitative estimate of drug-likeness (QED) is 0.817. The van der Waals surface area contributed by atoms with Crippen LogP contribution in [0.2, 0.25) is 0 Å². The zero-order chi connectivity index (χ0) is 16.9. The highest BCUT2D eigenvalue weighted by molar-refractivity contribution is 7.99. The summed E-state index contributed by atoms with van der Waals surface area (Å²) >= 11 is 1.45. The minimum atomic E-state index is -0.255. The molecular weight excluding hydrogens is 322 g/mol. The van der Waals surface area contributed by atoms with E-state index in [1.54, 1.807) is 0 Å². The summed E-state index contributed by atoms with van der Waals surface area (Å²) in [5.41, 5.74) is 3.30. The molecule has 1 fully saturated rings. The summed E-state index contributed by atoms with van der Waals surface area (Å²) in [5, 5.41) is 10.3. The van der Waals surface area contributed by atoms with E-state index in [0.717, 1.165) is 23.0 Å². The highest BCUT2D eigenvalue weighted by atomic mass is 32.2. The van der Waals surface area contributed by atoms with E-state index in [4.69, 9.17) is 0 Å². The molecule has 1 aliphatic heterocycles. The number of nitrogens with zero attached hydrogens (tertiary/aromatic N) is 2. The van der Waals surface area contributed by atoms with Crippen LogP contribution >= 0.6 is 11.8 Å². The topological polar surface area (TPSA) is 69.2 Å². The zero-order valence-corrected chi connectivity index (χ0v) is 14.7. The summed E-state index contributed by atoms with van der Waals surface area (Å²) in [4.78, 5) is 22.0.